The topological polar surface area (TPSA) is 85.4 Å². The summed E-state index contributed by atoms with van der Waals surface area (Å²) in [5, 5.41) is 4.10. The normalized spacial score (nSPS) is 12.1. The molecule has 1 amide bonds. The van der Waals surface area contributed by atoms with E-state index in [1.165, 1.54) is 21.8 Å². The van der Waals surface area contributed by atoms with E-state index in [2.05, 4.69) is 15.1 Å². The van der Waals surface area contributed by atoms with Crippen molar-refractivity contribution in [3.63, 3.8) is 0 Å². The van der Waals surface area contributed by atoms with Crippen LogP contribution in [-0.4, -0.2) is 42.0 Å². The largest absolute Gasteiger partial charge is 0.335 e. The lowest BCUT2D eigenvalue weighted by Gasteiger charge is -2.25. The Bertz CT molecular complexity index is 1180. The Morgan fingerprint density at radius 3 is 2.64 bits per heavy atom. The second kappa shape index (κ2) is 7.07. The highest BCUT2D eigenvalue weighted by Gasteiger charge is 2.22. The van der Waals surface area contributed by atoms with E-state index in [-0.39, 0.29) is 23.1 Å². The second-order valence-corrected chi connectivity index (χ2v) is 6.43. The highest BCUT2D eigenvalue weighted by molar-refractivity contribution is 5.93. The number of nitrogens with zero attached hydrogens (tertiary/aromatic N) is 6. The van der Waals surface area contributed by atoms with E-state index >= 15 is 0 Å². The molecular weight excluding hydrogens is 356 g/mol. The second-order valence-electron chi connectivity index (χ2n) is 6.43. The van der Waals surface area contributed by atoms with Gasteiger partial charge in [-0.1, -0.05) is 18.2 Å². The van der Waals surface area contributed by atoms with Crippen LogP contribution >= 0.6 is 0 Å². The Balaban J connectivity index is 1.60. The molecule has 0 saturated carbocycles. The molecule has 0 radical (unpaired) electrons. The molecule has 0 aliphatic rings. The van der Waals surface area contributed by atoms with Crippen LogP contribution in [0, 0.1) is 0 Å². The van der Waals surface area contributed by atoms with Gasteiger partial charge in [-0.05, 0) is 36.8 Å². The van der Waals surface area contributed by atoms with Crippen molar-refractivity contribution in [1.82, 2.24) is 29.0 Å². The average molecular weight is 374 g/mol. The number of pyridine rings is 1. The number of hydrogen-bond acceptors (Lipinski definition) is 5. The number of hydrogen-bond donors (Lipinski definition) is 0. The van der Waals surface area contributed by atoms with Crippen LogP contribution in [0.3, 0.4) is 0 Å². The number of carbonyl (C=O) groups excluding carboxylic acids is 1. The zero-order valence-electron chi connectivity index (χ0n) is 15.4. The number of fused-ring (bicyclic) bond motifs is 1. The van der Waals surface area contributed by atoms with Gasteiger partial charge in [0.1, 0.15) is 23.9 Å². The van der Waals surface area contributed by atoms with Gasteiger partial charge < -0.3 is 4.90 Å². The van der Waals surface area contributed by atoms with Crippen LogP contribution < -0.4 is 5.56 Å². The lowest BCUT2D eigenvalue weighted by molar-refractivity contribution is 0.0740. The molecule has 8 nitrogen and oxygen atoms in total. The summed E-state index contributed by atoms with van der Waals surface area (Å²) in [7, 11) is 1.68. The van der Waals surface area contributed by atoms with Crippen molar-refractivity contribution in [2.75, 3.05) is 7.05 Å². The summed E-state index contributed by atoms with van der Waals surface area (Å²) < 4.78 is 3.03. The highest BCUT2D eigenvalue weighted by Crippen LogP contribution is 2.21. The monoisotopic (exact) mass is 374 g/mol. The minimum Gasteiger partial charge on any atom is -0.335 e. The fourth-order valence-electron chi connectivity index (χ4n) is 3.01. The van der Waals surface area contributed by atoms with Crippen molar-refractivity contribution in [3.8, 4) is 5.69 Å². The van der Waals surface area contributed by atoms with Gasteiger partial charge in [0.15, 0.2) is 0 Å². The van der Waals surface area contributed by atoms with E-state index in [4.69, 9.17) is 0 Å². The molecule has 0 aliphatic carbocycles. The minimum atomic E-state index is -0.379. The van der Waals surface area contributed by atoms with Crippen LogP contribution in [0.25, 0.3) is 11.3 Å². The van der Waals surface area contributed by atoms with E-state index < -0.39 is 0 Å². The summed E-state index contributed by atoms with van der Waals surface area (Å²) >= 11 is 0. The molecule has 3 heterocycles. The first-order chi connectivity index (χ1) is 13.6. The fourth-order valence-corrected chi connectivity index (χ4v) is 3.01. The predicted molar refractivity (Wildman–Crippen MR) is 103 cm³/mol. The smallest absolute Gasteiger partial charge is 0.270 e. The maximum atomic E-state index is 12.9. The molecule has 4 aromatic rings. The summed E-state index contributed by atoms with van der Waals surface area (Å²) in [4.78, 5) is 35.3. The summed E-state index contributed by atoms with van der Waals surface area (Å²) in [6, 6.07) is 12.7. The third-order valence-electron chi connectivity index (χ3n) is 4.80. The SMILES string of the molecule is C[C@@H](c1ccc(-n2cncn2)cc1)N(C)C(=O)c1cnc2ccccn2c1=O. The van der Waals surface area contributed by atoms with Crippen molar-refractivity contribution in [2.45, 2.75) is 13.0 Å². The van der Waals surface area contributed by atoms with Gasteiger partial charge in [0.2, 0.25) is 0 Å². The molecule has 0 fully saturated rings. The molecule has 0 aliphatic heterocycles. The zero-order valence-corrected chi connectivity index (χ0v) is 15.4. The molecule has 1 atom stereocenters. The summed E-state index contributed by atoms with van der Waals surface area (Å²) in [6.07, 6.45) is 6.04. The van der Waals surface area contributed by atoms with E-state index in [0.717, 1.165) is 11.3 Å². The van der Waals surface area contributed by atoms with Gasteiger partial charge >= 0.3 is 0 Å². The van der Waals surface area contributed by atoms with Crippen LogP contribution in [0.15, 0.2) is 72.3 Å². The van der Waals surface area contributed by atoms with Gasteiger partial charge in [0.05, 0.1) is 11.7 Å². The third kappa shape index (κ3) is 3.05. The van der Waals surface area contributed by atoms with Crippen LogP contribution in [-0.2, 0) is 0 Å². The molecule has 0 N–H and O–H groups in total. The van der Waals surface area contributed by atoms with Crippen molar-refractivity contribution in [3.05, 3.63) is 89.0 Å². The lowest BCUT2D eigenvalue weighted by Crippen LogP contribution is -2.35. The standard InChI is InChI=1S/C20H18N6O2/c1-14(15-6-8-16(9-7-15)26-13-21-12-23-26)24(2)19(27)17-11-22-18-5-3-4-10-25(18)20(17)28/h3-14H,1-2H3/t14-/m0/s1. The fraction of sp³-hybridized carbons (Fsp3) is 0.150. The highest BCUT2D eigenvalue weighted by atomic mass is 16.2. The van der Waals surface area contributed by atoms with E-state index in [0.29, 0.717) is 5.65 Å². The molecule has 0 bridgehead atoms. The number of rotatable bonds is 4. The van der Waals surface area contributed by atoms with Gasteiger partial charge in [0.25, 0.3) is 11.5 Å². The van der Waals surface area contributed by atoms with Gasteiger partial charge in [-0.25, -0.2) is 14.6 Å². The van der Waals surface area contributed by atoms with Crippen molar-refractivity contribution >= 4 is 11.6 Å². The molecule has 1 aromatic carbocycles. The first-order valence-corrected chi connectivity index (χ1v) is 8.75. The Kier molecular flexibility index (Phi) is 4.44. The van der Waals surface area contributed by atoms with E-state index in [1.54, 1.807) is 42.5 Å². The third-order valence-corrected chi connectivity index (χ3v) is 4.80. The first-order valence-electron chi connectivity index (χ1n) is 8.75. The molecule has 0 spiro atoms. The zero-order chi connectivity index (χ0) is 19.7. The van der Waals surface area contributed by atoms with Gasteiger partial charge in [-0.15, -0.1) is 0 Å². The van der Waals surface area contributed by atoms with Crippen molar-refractivity contribution < 1.29 is 4.79 Å². The van der Waals surface area contributed by atoms with Crippen LogP contribution in [0.4, 0.5) is 0 Å². The van der Waals surface area contributed by atoms with Gasteiger partial charge in [-0.3, -0.25) is 14.0 Å². The Hall–Kier alpha value is -3.81. The summed E-state index contributed by atoms with van der Waals surface area (Å²) in [6.45, 7) is 1.91. The molecular formula is C20H18N6O2. The van der Waals surface area contributed by atoms with Gasteiger partial charge in [-0.2, -0.15) is 5.10 Å². The lowest BCUT2D eigenvalue weighted by atomic mass is 10.1. The maximum absolute atomic E-state index is 12.9. The number of aromatic nitrogens is 5. The summed E-state index contributed by atoms with van der Waals surface area (Å²) in [5.41, 5.74) is 1.98. The maximum Gasteiger partial charge on any atom is 0.270 e. The first kappa shape index (κ1) is 17.6. The van der Waals surface area contributed by atoms with Crippen LogP contribution in [0.1, 0.15) is 28.9 Å². The quantitative estimate of drug-likeness (QED) is 0.546. The molecule has 3 aromatic heterocycles. The van der Waals surface area contributed by atoms with E-state index in [9.17, 15) is 9.59 Å². The molecule has 0 saturated heterocycles. The van der Waals surface area contributed by atoms with Crippen molar-refractivity contribution in [1.29, 1.82) is 0 Å². The number of amides is 1. The van der Waals surface area contributed by atoms with E-state index in [1.807, 2.05) is 31.2 Å². The Morgan fingerprint density at radius 2 is 1.93 bits per heavy atom. The summed E-state index contributed by atoms with van der Waals surface area (Å²) in [5.74, 6) is -0.372. The molecule has 4 rings (SSSR count). The van der Waals surface area contributed by atoms with Crippen LogP contribution in [0.5, 0.6) is 0 Å². The number of carbonyl (C=O) groups is 1. The predicted octanol–water partition coefficient (Wildman–Crippen LogP) is 2.11. The number of benzene rings is 1. The molecule has 28 heavy (non-hydrogen) atoms. The Labute approximate surface area is 160 Å². The van der Waals surface area contributed by atoms with Gasteiger partial charge in [0, 0.05) is 19.4 Å². The molecule has 8 heteroatoms. The Morgan fingerprint density at radius 1 is 1.14 bits per heavy atom. The average Bonchev–Trinajstić information content (AvgIpc) is 3.28. The van der Waals surface area contributed by atoms with Crippen molar-refractivity contribution in [2.24, 2.45) is 0 Å². The molecule has 0 unspecified atom stereocenters. The minimum absolute atomic E-state index is 0.0392. The van der Waals surface area contributed by atoms with Crippen LogP contribution in [0.2, 0.25) is 0 Å². The molecule has 140 valence electrons.